The van der Waals surface area contributed by atoms with Crippen LogP contribution in [0.4, 0.5) is 20.6 Å². The van der Waals surface area contributed by atoms with Gasteiger partial charge in [-0.3, -0.25) is 9.69 Å². The Morgan fingerprint density at radius 2 is 1.97 bits per heavy atom. The number of anilines is 2. The summed E-state index contributed by atoms with van der Waals surface area (Å²) in [4.78, 5) is 26.6. The molecule has 8 nitrogen and oxygen atoms in total. The molecule has 1 N–H and O–H groups in total. The van der Waals surface area contributed by atoms with E-state index in [0.29, 0.717) is 43.6 Å². The molecule has 9 heteroatoms. The smallest absolute Gasteiger partial charge is 0.414 e. The fourth-order valence-corrected chi connectivity index (χ4v) is 4.43. The van der Waals surface area contributed by atoms with Crippen molar-refractivity contribution in [2.75, 3.05) is 49.2 Å². The Morgan fingerprint density at radius 3 is 2.60 bits per heavy atom. The fourth-order valence-electron chi connectivity index (χ4n) is 4.43. The van der Waals surface area contributed by atoms with E-state index in [4.69, 9.17) is 14.2 Å². The summed E-state index contributed by atoms with van der Waals surface area (Å²) >= 11 is 0. The van der Waals surface area contributed by atoms with E-state index in [2.05, 4.69) is 5.32 Å². The number of carbonyl (C=O) groups is 2. The molecule has 0 aliphatic carbocycles. The maximum absolute atomic E-state index is 14.9. The number of carbonyl (C=O) groups excluding carboxylic acids is 2. The van der Waals surface area contributed by atoms with Gasteiger partial charge in [-0.15, -0.1) is 0 Å². The molecule has 4 rings (SSSR count). The van der Waals surface area contributed by atoms with Gasteiger partial charge in [0.05, 0.1) is 37.7 Å². The number of benzene rings is 1. The normalized spacial score (nSPS) is 24.2. The summed E-state index contributed by atoms with van der Waals surface area (Å²) in [6.07, 6.45) is 0.731. The second-order valence-corrected chi connectivity index (χ2v) is 8.16. The van der Waals surface area contributed by atoms with Crippen LogP contribution in [-0.2, 0) is 19.0 Å². The van der Waals surface area contributed by atoms with Crippen molar-refractivity contribution in [3.05, 3.63) is 24.0 Å². The molecule has 3 heterocycles. The van der Waals surface area contributed by atoms with Gasteiger partial charge in [-0.2, -0.15) is 0 Å². The van der Waals surface area contributed by atoms with Crippen LogP contribution in [-0.4, -0.2) is 63.3 Å². The molecule has 3 aliphatic heterocycles. The summed E-state index contributed by atoms with van der Waals surface area (Å²) in [6.45, 7) is 6.57. The van der Waals surface area contributed by atoms with Crippen LogP contribution in [0.25, 0.3) is 0 Å². The molecule has 3 saturated heterocycles. The lowest BCUT2D eigenvalue weighted by Gasteiger charge is -2.40. The Labute approximate surface area is 175 Å². The SMILES string of the molecule is CC(=O)NCC1CN(c2ccc(N3CCC(C4(C)OCCO4)CC3)c(F)c2)C(=O)O1. The van der Waals surface area contributed by atoms with E-state index >= 15 is 0 Å². The quantitative estimate of drug-likeness (QED) is 0.786. The Kier molecular flexibility index (Phi) is 5.84. The molecule has 0 spiro atoms. The van der Waals surface area contributed by atoms with E-state index in [1.807, 2.05) is 11.8 Å². The molecule has 164 valence electrons. The fraction of sp³-hybridized carbons (Fsp3) is 0.619. The average molecular weight is 421 g/mol. The number of nitrogens with zero attached hydrogens (tertiary/aromatic N) is 2. The van der Waals surface area contributed by atoms with Gasteiger partial charge >= 0.3 is 6.09 Å². The first-order valence-corrected chi connectivity index (χ1v) is 10.4. The first-order chi connectivity index (χ1) is 14.4. The summed E-state index contributed by atoms with van der Waals surface area (Å²) in [5.74, 6) is -0.802. The number of hydrogen-bond donors (Lipinski definition) is 1. The van der Waals surface area contributed by atoms with Crippen LogP contribution in [0.15, 0.2) is 18.2 Å². The zero-order valence-corrected chi connectivity index (χ0v) is 17.4. The van der Waals surface area contributed by atoms with E-state index in [9.17, 15) is 14.0 Å². The van der Waals surface area contributed by atoms with Crippen LogP contribution >= 0.6 is 0 Å². The van der Waals surface area contributed by atoms with Gasteiger partial charge in [0.15, 0.2) is 5.79 Å². The number of amides is 2. The second-order valence-electron chi connectivity index (χ2n) is 8.16. The monoisotopic (exact) mass is 421 g/mol. The summed E-state index contributed by atoms with van der Waals surface area (Å²) in [6, 6.07) is 4.81. The standard InChI is InChI=1S/C21H28FN3O5/c1-14(26)23-12-17-13-25(20(27)30-17)16-3-4-19(18(22)11-16)24-7-5-15(6-8-24)21(2)28-9-10-29-21/h3-4,11,15,17H,5-10,12-13H2,1-2H3,(H,23,26). The number of hydrogen-bond acceptors (Lipinski definition) is 6. The second kappa shape index (κ2) is 8.39. The zero-order chi connectivity index (χ0) is 21.3. The molecule has 0 radical (unpaired) electrons. The lowest BCUT2D eigenvalue weighted by atomic mass is 9.89. The molecular weight excluding hydrogens is 393 g/mol. The topological polar surface area (TPSA) is 80.3 Å². The highest BCUT2D eigenvalue weighted by atomic mass is 19.1. The largest absolute Gasteiger partial charge is 0.442 e. The summed E-state index contributed by atoms with van der Waals surface area (Å²) in [5, 5.41) is 2.63. The van der Waals surface area contributed by atoms with E-state index in [0.717, 1.165) is 12.8 Å². The number of rotatable bonds is 5. The number of nitrogens with one attached hydrogen (secondary N) is 1. The minimum Gasteiger partial charge on any atom is -0.442 e. The molecule has 0 saturated carbocycles. The molecule has 1 atom stereocenters. The summed E-state index contributed by atoms with van der Waals surface area (Å²) in [5.41, 5.74) is 0.972. The third-order valence-corrected chi connectivity index (χ3v) is 6.13. The van der Waals surface area contributed by atoms with Crippen molar-refractivity contribution in [2.24, 2.45) is 5.92 Å². The predicted octanol–water partition coefficient (Wildman–Crippen LogP) is 2.27. The van der Waals surface area contributed by atoms with Crippen molar-refractivity contribution >= 4 is 23.4 Å². The Hall–Kier alpha value is -2.39. The van der Waals surface area contributed by atoms with Crippen LogP contribution in [0.1, 0.15) is 26.7 Å². The van der Waals surface area contributed by atoms with Crippen LogP contribution in [0, 0.1) is 11.7 Å². The number of piperidine rings is 1. The van der Waals surface area contributed by atoms with E-state index < -0.39 is 18.0 Å². The van der Waals surface area contributed by atoms with Crippen molar-refractivity contribution in [1.29, 1.82) is 0 Å². The van der Waals surface area contributed by atoms with Gasteiger partial charge in [0.2, 0.25) is 5.91 Å². The molecular formula is C21H28FN3O5. The average Bonchev–Trinajstić information content (AvgIpc) is 3.33. The van der Waals surface area contributed by atoms with Crippen LogP contribution < -0.4 is 15.1 Å². The van der Waals surface area contributed by atoms with Gasteiger partial charge in [-0.05, 0) is 38.0 Å². The maximum atomic E-state index is 14.9. The minimum atomic E-state index is -0.539. The molecule has 1 unspecified atom stereocenters. The van der Waals surface area contributed by atoms with Crippen LogP contribution in [0.2, 0.25) is 0 Å². The highest BCUT2D eigenvalue weighted by Gasteiger charge is 2.41. The van der Waals surface area contributed by atoms with Crippen molar-refractivity contribution in [3.8, 4) is 0 Å². The molecule has 1 aromatic carbocycles. The maximum Gasteiger partial charge on any atom is 0.414 e. The van der Waals surface area contributed by atoms with Crippen molar-refractivity contribution in [3.63, 3.8) is 0 Å². The third-order valence-electron chi connectivity index (χ3n) is 6.13. The van der Waals surface area contributed by atoms with E-state index in [1.165, 1.54) is 17.9 Å². The number of cyclic esters (lactones) is 1. The lowest BCUT2D eigenvalue weighted by molar-refractivity contribution is -0.185. The zero-order valence-electron chi connectivity index (χ0n) is 17.4. The number of halogens is 1. The van der Waals surface area contributed by atoms with Crippen molar-refractivity contribution in [2.45, 2.75) is 38.6 Å². The Bertz CT molecular complexity index is 806. The van der Waals surface area contributed by atoms with Crippen LogP contribution in [0.3, 0.4) is 0 Å². The molecule has 0 aromatic heterocycles. The van der Waals surface area contributed by atoms with Gasteiger partial charge in [0.1, 0.15) is 11.9 Å². The van der Waals surface area contributed by atoms with Gasteiger partial charge in [-0.25, -0.2) is 9.18 Å². The van der Waals surface area contributed by atoms with Crippen LogP contribution in [0.5, 0.6) is 0 Å². The predicted molar refractivity (Wildman–Crippen MR) is 108 cm³/mol. The van der Waals surface area contributed by atoms with Gasteiger partial charge < -0.3 is 24.4 Å². The Morgan fingerprint density at radius 1 is 1.27 bits per heavy atom. The first-order valence-electron chi connectivity index (χ1n) is 10.4. The molecule has 3 fully saturated rings. The van der Waals surface area contributed by atoms with Crippen molar-refractivity contribution < 1.29 is 28.2 Å². The molecule has 1 aromatic rings. The first kappa shape index (κ1) is 20.9. The lowest BCUT2D eigenvalue weighted by Crippen LogP contribution is -2.44. The molecule has 2 amide bonds. The molecule has 3 aliphatic rings. The Balaban J connectivity index is 1.38. The minimum absolute atomic E-state index is 0.191. The highest BCUT2D eigenvalue weighted by molar-refractivity contribution is 5.90. The van der Waals surface area contributed by atoms with E-state index in [1.54, 1.807) is 12.1 Å². The molecule has 0 bridgehead atoms. The molecule has 30 heavy (non-hydrogen) atoms. The van der Waals surface area contributed by atoms with Crippen molar-refractivity contribution in [1.82, 2.24) is 5.32 Å². The van der Waals surface area contributed by atoms with Gasteiger partial charge in [0, 0.05) is 25.9 Å². The summed E-state index contributed by atoms with van der Waals surface area (Å²) < 4.78 is 31.7. The summed E-state index contributed by atoms with van der Waals surface area (Å²) in [7, 11) is 0. The van der Waals surface area contributed by atoms with Gasteiger partial charge in [-0.1, -0.05) is 0 Å². The van der Waals surface area contributed by atoms with Gasteiger partial charge in [0.25, 0.3) is 0 Å². The number of ether oxygens (including phenoxy) is 3. The highest BCUT2D eigenvalue weighted by Crippen LogP contribution is 2.37. The van der Waals surface area contributed by atoms with E-state index in [-0.39, 0.29) is 24.8 Å². The third kappa shape index (κ3) is 4.22.